The summed E-state index contributed by atoms with van der Waals surface area (Å²) in [5.41, 5.74) is 12.7. The zero-order valence-corrected chi connectivity index (χ0v) is 65.5. The van der Waals surface area contributed by atoms with E-state index in [1.807, 2.05) is 85.1 Å². The first-order valence-corrected chi connectivity index (χ1v) is 36.5. The fourth-order valence-corrected chi connectivity index (χ4v) is 12.7. The van der Waals surface area contributed by atoms with Crippen molar-refractivity contribution >= 4 is 134 Å². The molecule has 3 fully saturated rings. The lowest BCUT2D eigenvalue weighted by atomic mass is 10.1. The summed E-state index contributed by atoms with van der Waals surface area (Å²) in [6.07, 6.45) is 12.2. The van der Waals surface area contributed by atoms with Crippen molar-refractivity contribution in [1.29, 1.82) is 0 Å². The van der Waals surface area contributed by atoms with Gasteiger partial charge in [0.15, 0.2) is 0 Å². The predicted octanol–water partition coefficient (Wildman–Crippen LogP) is 15.6. The summed E-state index contributed by atoms with van der Waals surface area (Å²) in [4.78, 5) is 77.2. The number of amides is 1. The number of hydrogen-bond acceptors (Lipinski definition) is 19. The van der Waals surface area contributed by atoms with Gasteiger partial charge in [0, 0.05) is 133 Å². The normalized spacial score (nSPS) is 13.0. The first-order chi connectivity index (χ1) is 54.4. The number of nitrogens with zero attached hydrogens (tertiary/aromatic N) is 7. The quantitative estimate of drug-likeness (QED) is 0.0258. The molecule has 582 valence electrons. The lowest BCUT2D eigenvalue weighted by Gasteiger charge is -2.30. The van der Waals surface area contributed by atoms with E-state index in [9.17, 15) is 24.0 Å². The standard InChI is InChI=1S/C15H16ClNO2.C14H15ClN2O2.C14H16N2O3.C10H8BrNO2.C10H9N3O2.C10H9NO2.C10H10O3/c1-18-11-2-3-12-13(10-11)15(5-4-14(12)16)17-6-8-19-9-7-17;1-18-10-2-3-11-12(8-10)13(9-16-14(11)15)17-4-6-19-7-5-17;1-18-10-2-3-11-12(8-10)13(9-15-14(11)17)16-4-6-19-7-5-16;1-14-6-2-3-7-8(4-6)9(11)5-12-10(7)13;1-15-9-4-2-3-8(7-9)5-6-10(14)12-13-11;1-13-8-2-3-9-7(6-8)4-5-11-10(9)12;1-13-9-4-2-3-8(7-9)5-6-10(11)12/h2-5,10H,6-9H2,1H3;2-3,8-9H,4-7H2,1H3;2-3,8-9H,4-7H2,1H3,(H,15,17);2-5H,1H3,(H,12,13);2-7H,1H3;2-6H,1H3,(H,11,12);2-7H,1H3,(H,11,12)/b;;;;6-5+;;6-5+. The molecule has 0 radical (unpaired) electrons. The van der Waals surface area contributed by atoms with E-state index in [1.165, 1.54) is 17.8 Å². The number of rotatable bonds is 14. The Labute approximate surface area is 662 Å². The lowest BCUT2D eigenvalue weighted by molar-refractivity contribution is -0.131. The number of carbonyl (C=O) groups is 2. The first-order valence-electron chi connectivity index (χ1n) is 34.9. The number of fused-ring (bicyclic) bond motifs is 5. The van der Waals surface area contributed by atoms with Crippen LogP contribution in [-0.2, 0) is 23.8 Å². The van der Waals surface area contributed by atoms with Crippen LogP contribution in [0.1, 0.15) is 11.1 Å². The van der Waals surface area contributed by atoms with Gasteiger partial charge in [0.1, 0.15) is 45.4 Å². The number of carboxylic acid groups (broad SMARTS) is 1. The fraction of sp³-hybridized carbons (Fsp3) is 0.229. The van der Waals surface area contributed by atoms with Crippen molar-refractivity contribution in [3.63, 3.8) is 0 Å². The van der Waals surface area contributed by atoms with Crippen molar-refractivity contribution in [2.45, 2.75) is 0 Å². The summed E-state index contributed by atoms with van der Waals surface area (Å²) >= 11 is 15.8. The van der Waals surface area contributed by atoms with Crippen molar-refractivity contribution in [2.24, 2.45) is 5.11 Å². The molecule has 4 N–H and O–H groups in total. The Morgan fingerprint density at radius 2 is 0.884 bits per heavy atom. The minimum absolute atomic E-state index is 0.0693. The maximum atomic E-state index is 11.9. The van der Waals surface area contributed by atoms with Crippen LogP contribution in [0.25, 0.3) is 76.5 Å². The molecule has 7 heterocycles. The molecule has 4 aromatic heterocycles. The number of H-pyrrole nitrogens is 3. The SMILES string of the molecule is COc1ccc2c(=O)[nH]cc(Br)c2c1.COc1ccc2c(=O)[nH]cc(N3CCOCC3)c2c1.COc1ccc2c(=O)[nH]ccc2c1.COc1ccc2c(Cl)ccc(N3CCOCC3)c2c1.COc1ccc2c(Cl)ncc(N3CCOCC3)c2c1.COc1cccc(/C=C/C(=O)N=[N+]=[N-])c1.COc1cccc(/C=C/C(=O)O)c1. The minimum Gasteiger partial charge on any atom is -0.497 e. The molecule has 3 saturated heterocycles. The van der Waals surface area contributed by atoms with Gasteiger partial charge < -0.3 is 82.1 Å². The second-order valence-corrected chi connectivity index (χ2v) is 25.9. The van der Waals surface area contributed by atoms with Gasteiger partial charge in [0.2, 0.25) is 5.91 Å². The molecule has 0 bridgehead atoms. The van der Waals surface area contributed by atoms with Gasteiger partial charge in [-0.1, -0.05) is 53.5 Å². The number of azide groups is 1. The topological polar surface area (TPSA) is 317 Å². The summed E-state index contributed by atoms with van der Waals surface area (Å²) < 4.78 is 53.0. The second kappa shape index (κ2) is 42.8. The van der Waals surface area contributed by atoms with Gasteiger partial charge >= 0.3 is 5.97 Å². The third-order valence-electron chi connectivity index (χ3n) is 17.5. The zero-order chi connectivity index (χ0) is 79.9. The second-order valence-electron chi connectivity index (χ2n) is 24.3. The first kappa shape index (κ1) is 84.0. The maximum Gasteiger partial charge on any atom is 0.328 e. The van der Waals surface area contributed by atoms with Gasteiger partial charge in [-0.15, -0.1) is 0 Å². The Kier molecular flexibility index (Phi) is 32.1. The molecule has 0 aliphatic carbocycles. The number of halogens is 3. The average Bonchev–Trinajstić information content (AvgIpc) is 0.799. The average molecular weight is 1630 g/mol. The Balaban J connectivity index is 0.000000151. The highest BCUT2D eigenvalue weighted by Gasteiger charge is 2.20. The van der Waals surface area contributed by atoms with Gasteiger partial charge in [-0.25, -0.2) is 9.78 Å². The number of aromatic amines is 3. The van der Waals surface area contributed by atoms with Crippen LogP contribution in [0.2, 0.25) is 10.2 Å². The Hall–Kier alpha value is -12.1. The van der Waals surface area contributed by atoms with E-state index in [4.69, 9.17) is 81.2 Å². The van der Waals surface area contributed by atoms with E-state index in [2.05, 4.69) is 66.7 Å². The number of aromatic nitrogens is 4. The molecule has 26 nitrogen and oxygen atoms in total. The molecule has 8 aromatic carbocycles. The summed E-state index contributed by atoms with van der Waals surface area (Å²) in [5, 5.41) is 21.5. The van der Waals surface area contributed by atoms with Crippen LogP contribution >= 0.6 is 39.1 Å². The highest BCUT2D eigenvalue weighted by Crippen LogP contribution is 2.37. The zero-order valence-electron chi connectivity index (χ0n) is 62.5. The Bertz CT molecular complexity index is 5400. The van der Waals surface area contributed by atoms with Gasteiger partial charge in [-0.2, -0.15) is 0 Å². The molecule has 0 saturated carbocycles. The highest BCUT2D eigenvalue weighted by atomic mass is 79.9. The van der Waals surface area contributed by atoms with Crippen molar-refractivity contribution in [2.75, 3.05) is 143 Å². The lowest BCUT2D eigenvalue weighted by Crippen LogP contribution is -2.36. The molecule has 3 aliphatic heterocycles. The minimum atomic E-state index is -0.956. The van der Waals surface area contributed by atoms with Crippen molar-refractivity contribution in [3.8, 4) is 40.2 Å². The molecule has 15 rings (SSSR count). The molecular weight excluding hydrogens is 1540 g/mol. The molecule has 3 aliphatic rings. The summed E-state index contributed by atoms with van der Waals surface area (Å²) in [5.74, 6) is 3.77. The van der Waals surface area contributed by atoms with E-state index in [0.29, 0.717) is 46.0 Å². The Morgan fingerprint density at radius 1 is 0.473 bits per heavy atom. The van der Waals surface area contributed by atoms with Gasteiger partial charge in [-0.3, -0.25) is 19.2 Å². The third kappa shape index (κ3) is 23.5. The monoisotopic (exact) mass is 1620 g/mol. The van der Waals surface area contributed by atoms with Crippen molar-refractivity contribution in [3.05, 3.63) is 262 Å². The van der Waals surface area contributed by atoms with Gasteiger partial charge in [0.05, 0.1) is 107 Å². The van der Waals surface area contributed by atoms with E-state index in [1.54, 1.807) is 147 Å². The number of morpholine rings is 3. The smallest absolute Gasteiger partial charge is 0.328 e. The number of nitrogens with one attached hydrogen (secondary N) is 3. The molecule has 0 unspecified atom stereocenters. The van der Waals surface area contributed by atoms with Crippen LogP contribution < -0.4 is 64.5 Å². The van der Waals surface area contributed by atoms with Crippen LogP contribution in [0.4, 0.5) is 17.1 Å². The predicted molar refractivity (Wildman–Crippen MR) is 445 cm³/mol. The van der Waals surface area contributed by atoms with E-state index in [0.717, 1.165) is 170 Å². The van der Waals surface area contributed by atoms with Gasteiger partial charge in [0.25, 0.3) is 16.7 Å². The number of aliphatic carboxylic acids is 1. The molecule has 12 aromatic rings. The van der Waals surface area contributed by atoms with E-state index in [-0.39, 0.29) is 16.7 Å². The number of anilines is 3. The Morgan fingerprint density at radius 3 is 1.39 bits per heavy atom. The fourth-order valence-electron chi connectivity index (χ4n) is 11.8. The number of methoxy groups -OCH3 is 7. The maximum absolute atomic E-state index is 11.9. The number of pyridine rings is 4. The number of hydrogen-bond donors (Lipinski definition) is 4. The summed E-state index contributed by atoms with van der Waals surface area (Å²) in [6.45, 7) is 9.68. The van der Waals surface area contributed by atoms with Crippen molar-refractivity contribution in [1.82, 2.24) is 19.9 Å². The highest BCUT2D eigenvalue weighted by molar-refractivity contribution is 9.10. The van der Waals surface area contributed by atoms with Crippen LogP contribution in [0.15, 0.2) is 219 Å². The summed E-state index contributed by atoms with van der Waals surface area (Å²) in [6, 6.07) is 48.3. The molecule has 0 spiro atoms. The van der Waals surface area contributed by atoms with Crippen LogP contribution in [0.5, 0.6) is 40.2 Å². The van der Waals surface area contributed by atoms with Crippen LogP contribution in [0.3, 0.4) is 0 Å². The van der Waals surface area contributed by atoms with Crippen molar-refractivity contribution < 1.29 is 62.1 Å². The van der Waals surface area contributed by atoms with E-state index >= 15 is 0 Å². The molecule has 112 heavy (non-hydrogen) atoms. The molecular formula is C83H83BrCl2N10O16. The van der Waals surface area contributed by atoms with Gasteiger partial charge in [-0.05, 0) is 189 Å². The summed E-state index contributed by atoms with van der Waals surface area (Å²) in [7, 11) is 11.3. The largest absolute Gasteiger partial charge is 0.497 e. The number of ether oxygens (including phenoxy) is 10. The number of carbonyl (C=O) groups excluding carboxylic acids is 1. The van der Waals surface area contributed by atoms with Crippen LogP contribution in [0, 0.1) is 0 Å². The molecule has 0 atom stereocenters. The molecule has 29 heteroatoms. The number of benzene rings is 8. The molecule has 1 amide bonds. The number of carboxylic acids is 1. The van der Waals surface area contributed by atoms with E-state index < -0.39 is 11.9 Å². The third-order valence-corrected chi connectivity index (χ3v) is 18.8. The van der Waals surface area contributed by atoms with Crippen LogP contribution in [-0.4, -0.2) is 166 Å².